The lowest BCUT2D eigenvalue weighted by atomic mass is 10.2. The van der Waals surface area contributed by atoms with Gasteiger partial charge in [-0.3, -0.25) is 4.79 Å². The van der Waals surface area contributed by atoms with E-state index in [1.165, 1.54) is 11.3 Å². The Labute approximate surface area is 167 Å². The molecule has 1 fully saturated rings. The van der Waals surface area contributed by atoms with E-state index in [2.05, 4.69) is 9.55 Å². The van der Waals surface area contributed by atoms with Gasteiger partial charge in [0, 0.05) is 42.1 Å². The summed E-state index contributed by atoms with van der Waals surface area (Å²) in [5.74, 6) is 0.132. The highest BCUT2D eigenvalue weighted by molar-refractivity contribution is 7.13. The maximum atomic E-state index is 11.9. The largest absolute Gasteiger partial charge is 0.481 e. The van der Waals surface area contributed by atoms with E-state index in [1.54, 1.807) is 13.3 Å². The zero-order chi connectivity index (χ0) is 19.7. The number of carbonyl (C=O) groups excluding carboxylic acids is 1. The summed E-state index contributed by atoms with van der Waals surface area (Å²) >= 11 is 1.53. The summed E-state index contributed by atoms with van der Waals surface area (Å²) in [5, 5.41) is 2.85. The molecule has 1 aliphatic rings. The number of amides is 1. The van der Waals surface area contributed by atoms with Gasteiger partial charge in [0.25, 0.3) is 5.91 Å². The van der Waals surface area contributed by atoms with Crippen LogP contribution in [0.25, 0.3) is 22.0 Å². The standard InChI is InChI=1S/C20H22N4O3S/c1-12-15(19(21)25)8-17(24(12)10-14-4-3-7-27-14)16-11-28-20(23-16)13-5-6-18(26-2)22-9-13/h5-6,8-9,11,14H,3-4,7,10H2,1-2H3,(H2,21,25). The van der Waals surface area contributed by atoms with Gasteiger partial charge in [0.05, 0.1) is 30.2 Å². The predicted octanol–water partition coefficient (Wildman–Crippen LogP) is 3.27. The number of nitrogens with zero attached hydrogens (tertiary/aromatic N) is 3. The lowest BCUT2D eigenvalue weighted by Crippen LogP contribution is -2.18. The minimum Gasteiger partial charge on any atom is -0.481 e. The summed E-state index contributed by atoms with van der Waals surface area (Å²) in [7, 11) is 1.59. The number of carbonyl (C=O) groups is 1. The smallest absolute Gasteiger partial charge is 0.250 e. The van der Waals surface area contributed by atoms with Crippen molar-refractivity contribution in [3.05, 3.63) is 41.0 Å². The van der Waals surface area contributed by atoms with E-state index in [-0.39, 0.29) is 6.10 Å². The molecule has 0 spiro atoms. The van der Waals surface area contributed by atoms with Crippen LogP contribution in [-0.4, -0.2) is 40.3 Å². The molecule has 1 unspecified atom stereocenters. The SMILES string of the molecule is COc1ccc(-c2nc(-c3cc(C(N)=O)c(C)n3CC3CCCO3)cs2)cn1. The number of ether oxygens (including phenoxy) is 2. The monoisotopic (exact) mass is 398 g/mol. The van der Waals surface area contributed by atoms with E-state index >= 15 is 0 Å². The van der Waals surface area contributed by atoms with Crippen LogP contribution in [0, 0.1) is 6.92 Å². The average Bonchev–Trinajstić information content (AvgIpc) is 3.44. The number of nitrogens with two attached hydrogens (primary N) is 1. The normalized spacial score (nSPS) is 16.4. The van der Waals surface area contributed by atoms with Crippen molar-refractivity contribution < 1.29 is 14.3 Å². The second kappa shape index (κ2) is 7.73. The molecule has 8 heteroatoms. The third kappa shape index (κ3) is 3.53. The van der Waals surface area contributed by atoms with Gasteiger partial charge in [-0.25, -0.2) is 9.97 Å². The fraction of sp³-hybridized carbons (Fsp3) is 0.350. The zero-order valence-corrected chi connectivity index (χ0v) is 16.7. The highest BCUT2D eigenvalue weighted by Crippen LogP contribution is 2.32. The lowest BCUT2D eigenvalue weighted by Gasteiger charge is -2.15. The Morgan fingerprint density at radius 1 is 1.46 bits per heavy atom. The lowest BCUT2D eigenvalue weighted by molar-refractivity contribution is 0.0961. The third-order valence-corrected chi connectivity index (χ3v) is 5.89. The van der Waals surface area contributed by atoms with E-state index in [0.29, 0.717) is 18.0 Å². The molecule has 2 N–H and O–H groups in total. The maximum absolute atomic E-state index is 11.9. The Hall–Kier alpha value is -2.71. The highest BCUT2D eigenvalue weighted by atomic mass is 32.1. The van der Waals surface area contributed by atoms with Gasteiger partial charge in [0.1, 0.15) is 5.01 Å². The number of pyridine rings is 1. The summed E-state index contributed by atoms with van der Waals surface area (Å²) in [6, 6.07) is 5.57. The van der Waals surface area contributed by atoms with Gasteiger partial charge in [0.2, 0.25) is 5.88 Å². The van der Waals surface area contributed by atoms with Crippen molar-refractivity contribution in [3.8, 4) is 27.8 Å². The van der Waals surface area contributed by atoms with E-state index in [0.717, 1.165) is 47.1 Å². The molecule has 3 aromatic heterocycles. The first-order chi connectivity index (χ1) is 13.6. The van der Waals surface area contributed by atoms with E-state index in [4.69, 9.17) is 20.2 Å². The topological polar surface area (TPSA) is 92.3 Å². The predicted molar refractivity (Wildman–Crippen MR) is 108 cm³/mol. The first kappa shape index (κ1) is 18.6. The van der Waals surface area contributed by atoms with Crippen LogP contribution in [0.5, 0.6) is 5.88 Å². The fourth-order valence-corrected chi connectivity index (χ4v) is 4.29. The fourth-order valence-electron chi connectivity index (χ4n) is 3.49. The van der Waals surface area contributed by atoms with Gasteiger partial charge in [-0.1, -0.05) is 0 Å². The first-order valence-electron chi connectivity index (χ1n) is 9.14. The molecule has 1 saturated heterocycles. The average molecular weight is 398 g/mol. The molecular formula is C20H22N4O3S. The van der Waals surface area contributed by atoms with Crippen LogP contribution >= 0.6 is 11.3 Å². The van der Waals surface area contributed by atoms with Crippen LogP contribution in [0.1, 0.15) is 28.9 Å². The van der Waals surface area contributed by atoms with Gasteiger partial charge < -0.3 is 19.8 Å². The molecule has 1 atom stereocenters. The summed E-state index contributed by atoms with van der Waals surface area (Å²) < 4.78 is 13.0. The van der Waals surface area contributed by atoms with Crippen molar-refractivity contribution in [2.75, 3.05) is 13.7 Å². The van der Waals surface area contributed by atoms with E-state index < -0.39 is 5.91 Å². The van der Waals surface area contributed by atoms with E-state index in [9.17, 15) is 4.79 Å². The molecule has 7 nitrogen and oxygen atoms in total. The van der Waals surface area contributed by atoms with Gasteiger partial charge in [0.15, 0.2) is 0 Å². The number of hydrogen-bond donors (Lipinski definition) is 1. The van der Waals surface area contributed by atoms with Crippen molar-refractivity contribution >= 4 is 17.2 Å². The van der Waals surface area contributed by atoms with Crippen molar-refractivity contribution in [1.82, 2.24) is 14.5 Å². The number of thiazole rings is 1. The van der Waals surface area contributed by atoms with E-state index in [1.807, 2.05) is 30.5 Å². The van der Waals surface area contributed by atoms with Crippen LogP contribution in [0.15, 0.2) is 29.8 Å². The first-order valence-corrected chi connectivity index (χ1v) is 10.0. The maximum Gasteiger partial charge on any atom is 0.250 e. The van der Waals surface area contributed by atoms with Crippen molar-refractivity contribution in [2.45, 2.75) is 32.4 Å². The molecule has 146 valence electrons. The Morgan fingerprint density at radius 3 is 2.96 bits per heavy atom. The molecule has 0 bridgehead atoms. The molecule has 4 heterocycles. The minimum atomic E-state index is -0.431. The van der Waals surface area contributed by atoms with Gasteiger partial charge >= 0.3 is 0 Å². The zero-order valence-electron chi connectivity index (χ0n) is 15.8. The molecule has 1 aliphatic heterocycles. The van der Waals surface area contributed by atoms with Gasteiger partial charge in [-0.15, -0.1) is 11.3 Å². The number of hydrogen-bond acceptors (Lipinski definition) is 6. The minimum absolute atomic E-state index is 0.148. The molecule has 1 amide bonds. The molecule has 28 heavy (non-hydrogen) atoms. The second-order valence-electron chi connectivity index (χ2n) is 6.77. The molecule has 0 aromatic carbocycles. The number of rotatable bonds is 6. The molecule has 3 aromatic rings. The second-order valence-corrected chi connectivity index (χ2v) is 7.62. The van der Waals surface area contributed by atoms with Crippen LogP contribution in [0.4, 0.5) is 0 Å². The van der Waals surface area contributed by atoms with Crippen molar-refractivity contribution in [1.29, 1.82) is 0 Å². The van der Waals surface area contributed by atoms with Crippen molar-refractivity contribution in [2.24, 2.45) is 5.73 Å². The van der Waals surface area contributed by atoms with Crippen LogP contribution in [0.2, 0.25) is 0 Å². The van der Waals surface area contributed by atoms with Crippen LogP contribution in [0.3, 0.4) is 0 Å². The Balaban J connectivity index is 1.70. The number of primary amides is 1. The highest BCUT2D eigenvalue weighted by Gasteiger charge is 2.23. The molecular weight excluding hydrogens is 376 g/mol. The quantitative estimate of drug-likeness (QED) is 0.688. The molecule has 0 aliphatic carbocycles. The number of methoxy groups -OCH3 is 1. The summed E-state index contributed by atoms with van der Waals surface area (Å²) in [5.41, 5.74) is 9.56. The summed E-state index contributed by atoms with van der Waals surface area (Å²) in [4.78, 5) is 20.9. The van der Waals surface area contributed by atoms with Crippen LogP contribution in [-0.2, 0) is 11.3 Å². The van der Waals surface area contributed by atoms with Crippen LogP contribution < -0.4 is 10.5 Å². The van der Waals surface area contributed by atoms with Gasteiger partial charge in [-0.2, -0.15) is 0 Å². The summed E-state index contributed by atoms with van der Waals surface area (Å²) in [6.07, 6.45) is 3.97. The molecule has 0 radical (unpaired) electrons. The van der Waals surface area contributed by atoms with Gasteiger partial charge in [-0.05, 0) is 31.9 Å². The molecule has 4 rings (SSSR count). The number of aromatic nitrogens is 3. The van der Waals surface area contributed by atoms with Crippen molar-refractivity contribution in [3.63, 3.8) is 0 Å². The molecule has 0 saturated carbocycles. The Morgan fingerprint density at radius 2 is 2.32 bits per heavy atom. The Bertz CT molecular complexity index is 988. The Kier molecular flexibility index (Phi) is 5.15. The third-order valence-electron chi connectivity index (χ3n) is 5.00. The summed E-state index contributed by atoms with van der Waals surface area (Å²) in [6.45, 7) is 3.39.